The predicted octanol–water partition coefficient (Wildman–Crippen LogP) is 8.13. The van der Waals surface area contributed by atoms with E-state index in [9.17, 15) is 13.2 Å². The summed E-state index contributed by atoms with van der Waals surface area (Å²) in [6, 6.07) is 15.4. The zero-order chi connectivity index (χ0) is 44.0. The summed E-state index contributed by atoms with van der Waals surface area (Å²) in [5.41, 5.74) is 3.76. The van der Waals surface area contributed by atoms with E-state index in [1.807, 2.05) is 44.2 Å². The lowest BCUT2D eigenvalue weighted by atomic mass is 10.0. The molecule has 2 aliphatic heterocycles. The number of halogens is 3. The first-order chi connectivity index (χ1) is 29.8. The maximum absolute atomic E-state index is 13.5. The summed E-state index contributed by atoms with van der Waals surface area (Å²) in [7, 11) is 1.67. The summed E-state index contributed by atoms with van der Waals surface area (Å²) >= 11 is 0. The molecule has 18 heteroatoms. The van der Waals surface area contributed by atoms with Crippen LogP contribution in [0.2, 0.25) is 0 Å². The van der Waals surface area contributed by atoms with Gasteiger partial charge in [-0.15, -0.1) is 0 Å². The zero-order valence-electron chi connectivity index (χ0n) is 36.3. The zero-order valence-corrected chi connectivity index (χ0v) is 36.3. The Morgan fingerprint density at radius 3 is 1.92 bits per heavy atom. The number of hydrogen-bond acceptors (Lipinski definition) is 13. The maximum Gasteiger partial charge on any atom is 0.416 e. The van der Waals surface area contributed by atoms with E-state index in [0.29, 0.717) is 30.1 Å². The van der Waals surface area contributed by atoms with Crippen LogP contribution in [0.15, 0.2) is 60.8 Å². The standard InChI is InChI=1S/C22H27F3N6O.C22H30N6O2/c1-13(2)17-12-27-31-19(17)29-21(32-15-7-6-10-26-11-15)30-20(31)28-14(3)16-8-4-5-9-18(16)22(23,24)25;1-14(2)19-12-20-25-22(30-18-6-5-11-23-13-18)26-21(28(20)27-19)24-15(3)16-7-9-17(29-4)10-8-16/h4-5,8-9,12-15,26H,6-7,10-11H2,1-3H3,(H,28,29,30);7-10,12,14-15,18,23H,5-6,11,13H2,1-4H3,(H,24,25,26)/t14-,15+;15-,18+/m00/s1. The third kappa shape index (κ3) is 10.6. The van der Waals surface area contributed by atoms with Gasteiger partial charge in [0.1, 0.15) is 18.0 Å². The molecule has 0 radical (unpaired) electrons. The minimum Gasteiger partial charge on any atom is -0.497 e. The summed E-state index contributed by atoms with van der Waals surface area (Å²) in [5, 5.41) is 22.3. The highest BCUT2D eigenvalue weighted by Gasteiger charge is 2.34. The van der Waals surface area contributed by atoms with Gasteiger partial charge < -0.3 is 35.5 Å². The number of nitrogens with one attached hydrogen (secondary N) is 4. The van der Waals surface area contributed by atoms with Crippen molar-refractivity contribution in [1.82, 2.24) is 49.8 Å². The van der Waals surface area contributed by atoms with Gasteiger partial charge in [0.05, 0.1) is 36.6 Å². The summed E-state index contributed by atoms with van der Waals surface area (Å²) in [6.07, 6.45) is 1.25. The average molecular weight is 859 g/mol. The van der Waals surface area contributed by atoms with Crippen molar-refractivity contribution in [1.29, 1.82) is 0 Å². The minimum absolute atomic E-state index is 0.0184. The normalized spacial score (nSPS) is 18.0. The number of rotatable bonds is 13. The molecule has 0 unspecified atom stereocenters. The van der Waals surface area contributed by atoms with Crippen molar-refractivity contribution < 1.29 is 27.4 Å². The van der Waals surface area contributed by atoms with E-state index in [2.05, 4.69) is 67.1 Å². The summed E-state index contributed by atoms with van der Waals surface area (Å²) in [6.45, 7) is 15.5. The van der Waals surface area contributed by atoms with Crippen LogP contribution in [0.25, 0.3) is 11.3 Å². The summed E-state index contributed by atoms with van der Waals surface area (Å²) in [4.78, 5) is 18.3. The third-order valence-electron chi connectivity index (χ3n) is 11.0. The number of anilines is 2. The van der Waals surface area contributed by atoms with E-state index in [1.54, 1.807) is 30.8 Å². The van der Waals surface area contributed by atoms with E-state index in [4.69, 9.17) is 19.3 Å². The SMILES string of the molecule is CC(C)c1cnn2c(N[C@@H](C)c3ccccc3C(F)(F)F)nc(O[C@@H]3CCCNC3)nc12.COc1ccc([C@H](C)Nc2nc(O[C@@H]3CCCNC3)nc3cc(C(C)C)nn23)cc1. The van der Waals surface area contributed by atoms with Gasteiger partial charge >= 0.3 is 18.2 Å². The molecule has 0 spiro atoms. The minimum atomic E-state index is -4.45. The smallest absolute Gasteiger partial charge is 0.416 e. The van der Waals surface area contributed by atoms with Crippen LogP contribution in [0, 0.1) is 0 Å². The van der Waals surface area contributed by atoms with E-state index < -0.39 is 17.8 Å². The molecule has 4 atom stereocenters. The van der Waals surface area contributed by atoms with Crippen LogP contribution in [0.5, 0.6) is 17.8 Å². The van der Waals surface area contributed by atoms with E-state index >= 15 is 0 Å². The lowest BCUT2D eigenvalue weighted by Crippen LogP contribution is -2.37. The van der Waals surface area contributed by atoms with E-state index in [0.717, 1.165) is 79.6 Å². The molecular weight excluding hydrogens is 802 g/mol. The number of hydrogen-bond donors (Lipinski definition) is 4. The Labute approximate surface area is 359 Å². The number of ether oxygens (including phenoxy) is 3. The first-order valence-electron chi connectivity index (χ1n) is 21.4. The Morgan fingerprint density at radius 2 is 1.34 bits per heavy atom. The van der Waals surface area contributed by atoms with Crippen molar-refractivity contribution in [2.24, 2.45) is 0 Å². The second kappa shape index (κ2) is 19.5. The largest absolute Gasteiger partial charge is 0.497 e. The topological polar surface area (TPSA) is 162 Å². The number of fused-ring (bicyclic) bond motifs is 2. The van der Waals surface area contributed by atoms with Crippen LogP contribution < -0.4 is 35.5 Å². The number of piperidine rings is 2. The Kier molecular flexibility index (Phi) is 14.0. The molecule has 0 saturated carbocycles. The number of aromatic nitrogens is 8. The molecule has 0 amide bonds. The Bertz CT molecular complexity index is 2390. The van der Waals surface area contributed by atoms with Gasteiger partial charge in [-0.3, -0.25) is 0 Å². The van der Waals surface area contributed by atoms with E-state index in [-0.39, 0.29) is 41.7 Å². The molecule has 62 heavy (non-hydrogen) atoms. The molecule has 2 aliphatic rings. The molecular formula is C44H57F3N12O3. The fourth-order valence-electron chi connectivity index (χ4n) is 7.45. The third-order valence-corrected chi connectivity index (χ3v) is 11.0. The molecule has 8 rings (SSSR count). The van der Waals surface area contributed by atoms with Crippen molar-refractivity contribution in [2.45, 2.75) is 110 Å². The van der Waals surface area contributed by atoms with Crippen molar-refractivity contribution in [2.75, 3.05) is 43.9 Å². The van der Waals surface area contributed by atoms with Gasteiger partial charge in [-0.25, -0.2) is 0 Å². The molecule has 0 aliphatic carbocycles. The van der Waals surface area contributed by atoms with Crippen molar-refractivity contribution in [3.05, 3.63) is 88.7 Å². The monoisotopic (exact) mass is 858 g/mol. The van der Waals surface area contributed by atoms with Gasteiger partial charge in [0.25, 0.3) is 0 Å². The van der Waals surface area contributed by atoms with Crippen LogP contribution in [0.4, 0.5) is 25.1 Å². The van der Waals surface area contributed by atoms with Gasteiger partial charge in [-0.1, -0.05) is 58.0 Å². The summed E-state index contributed by atoms with van der Waals surface area (Å²) in [5.74, 6) is 2.19. The molecule has 0 bridgehead atoms. The van der Waals surface area contributed by atoms with Crippen molar-refractivity contribution >= 4 is 23.2 Å². The number of nitrogens with zero attached hydrogens (tertiary/aromatic N) is 8. The quantitative estimate of drug-likeness (QED) is 0.0882. The van der Waals surface area contributed by atoms with Gasteiger partial charge in [-0.2, -0.15) is 52.3 Å². The maximum atomic E-state index is 13.5. The van der Waals surface area contributed by atoms with Crippen LogP contribution in [-0.2, 0) is 6.18 Å². The molecule has 6 aromatic rings. The summed E-state index contributed by atoms with van der Waals surface area (Å²) < 4.78 is 61.2. The number of benzene rings is 2. The molecule has 2 fully saturated rings. The van der Waals surface area contributed by atoms with Gasteiger partial charge in [-0.05, 0) is 93.8 Å². The lowest BCUT2D eigenvalue weighted by Gasteiger charge is -2.24. The molecule has 2 saturated heterocycles. The fraction of sp³-hybridized carbons (Fsp3) is 0.500. The molecule has 4 N–H and O–H groups in total. The highest BCUT2D eigenvalue weighted by atomic mass is 19.4. The highest BCUT2D eigenvalue weighted by molar-refractivity contribution is 5.54. The van der Waals surface area contributed by atoms with Crippen LogP contribution in [0.1, 0.15) is 119 Å². The molecule has 332 valence electrons. The molecule has 4 aromatic heterocycles. The fourth-order valence-corrected chi connectivity index (χ4v) is 7.45. The van der Waals surface area contributed by atoms with Crippen molar-refractivity contribution in [3.8, 4) is 17.8 Å². The van der Waals surface area contributed by atoms with Crippen LogP contribution in [-0.4, -0.2) is 84.7 Å². The van der Waals surface area contributed by atoms with E-state index in [1.165, 1.54) is 16.6 Å². The Hall–Kier alpha value is -5.75. The van der Waals surface area contributed by atoms with Gasteiger partial charge in [0.2, 0.25) is 11.9 Å². The van der Waals surface area contributed by atoms with Gasteiger partial charge in [0, 0.05) is 24.7 Å². The van der Waals surface area contributed by atoms with Crippen molar-refractivity contribution in [3.63, 3.8) is 0 Å². The first kappa shape index (κ1) is 44.3. The Morgan fingerprint density at radius 1 is 0.726 bits per heavy atom. The molecule has 6 heterocycles. The van der Waals surface area contributed by atoms with Crippen LogP contribution >= 0.6 is 0 Å². The average Bonchev–Trinajstić information content (AvgIpc) is 3.90. The van der Waals surface area contributed by atoms with Gasteiger partial charge in [0.15, 0.2) is 11.3 Å². The first-order valence-corrected chi connectivity index (χ1v) is 21.4. The predicted molar refractivity (Wildman–Crippen MR) is 231 cm³/mol. The number of alkyl halides is 3. The second-order valence-corrected chi connectivity index (χ2v) is 16.4. The highest BCUT2D eigenvalue weighted by Crippen LogP contribution is 2.36. The second-order valence-electron chi connectivity index (χ2n) is 16.4. The lowest BCUT2D eigenvalue weighted by molar-refractivity contribution is -0.138. The van der Waals surface area contributed by atoms with Crippen LogP contribution in [0.3, 0.4) is 0 Å². The Balaban J connectivity index is 0.000000187. The number of methoxy groups -OCH3 is 1. The molecule has 15 nitrogen and oxygen atoms in total. The molecule has 2 aromatic carbocycles.